The molecule has 0 N–H and O–H groups in total. The van der Waals surface area contributed by atoms with E-state index in [1.54, 1.807) is 7.11 Å². The van der Waals surface area contributed by atoms with E-state index < -0.39 is 0 Å². The number of benzene rings is 1. The number of alkyl halides is 1. The second kappa shape index (κ2) is 5.09. The van der Waals surface area contributed by atoms with Crippen molar-refractivity contribution in [2.45, 2.75) is 25.7 Å². The Labute approximate surface area is 101 Å². The van der Waals surface area contributed by atoms with Gasteiger partial charge in [0, 0.05) is 5.88 Å². The number of rotatable bonds is 4. The molecule has 84 valence electrons. The van der Waals surface area contributed by atoms with E-state index in [-0.39, 0.29) is 5.41 Å². The highest BCUT2D eigenvalue weighted by atomic mass is 35.5. The molecule has 0 atom stereocenters. The quantitative estimate of drug-likeness (QED) is 0.722. The monoisotopic (exact) mass is 246 g/mol. The molecule has 0 fully saturated rings. The van der Waals surface area contributed by atoms with Crippen LogP contribution in [-0.2, 0) is 5.41 Å². The predicted octanol–water partition coefficient (Wildman–Crippen LogP) is 4.26. The summed E-state index contributed by atoms with van der Waals surface area (Å²) in [6.07, 6.45) is 0.928. The van der Waals surface area contributed by atoms with E-state index in [1.165, 1.54) is 5.56 Å². The molecule has 0 aromatic heterocycles. The first-order chi connectivity index (χ1) is 7.01. The third-order valence-electron chi connectivity index (χ3n) is 2.65. The average Bonchev–Trinajstić information content (AvgIpc) is 2.17. The van der Waals surface area contributed by atoms with Gasteiger partial charge in [0.1, 0.15) is 5.75 Å². The molecule has 0 aliphatic carbocycles. The summed E-state index contributed by atoms with van der Waals surface area (Å²) in [5.41, 5.74) is 1.24. The van der Waals surface area contributed by atoms with Crippen molar-refractivity contribution in [2.75, 3.05) is 13.0 Å². The van der Waals surface area contributed by atoms with Crippen molar-refractivity contribution in [3.05, 3.63) is 28.8 Å². The summed E-state index contributed by atoms with van der Waals surface area (Å²) in [4.78, 5) is 0. The Bertz CT molecular complexity index is 334. The molecular weight excluding hydrogens is 231 g/mol. The summed E-state index contributed by atoms with van der Waals surface area (Å²) in [5, 5.41) is 0.651. The van der Waals surface area contributed by atoms with Crippen LogP contribution < -0.4 is 4.74 Å². The zero-order valence-corrected chi connectivity index (χ0v) is 10.8. The van der Waals surface area contributed by atoms with Gasteiger partial charge < -0.3 is 4.74 Å². The molecule has 0 aliphatic heterocycles. The van der Waals surface area contributed by atoms with E-state index in [4.69, 9.17) is 27.9 Å². The average molecular weight is 247 g/mol. The van der Waals surface area contributed by atoms with Crippen molar-refractivity contribution >= 4 is 23.2 Å². The highest BCUT2D eigenvalue weighted by molar-refractivity contribution is 6.32. The Balaban J connectivity index is 3.01. The van der Waals surface area contributed by atoms with Crippen LogP contribution >= 0.6 is 23.2 Å². The largest absolute Gasteiger partial charge is 0.495 e. The van der Waals surface area contributed by atoms with Crippen molar-refractivity contribution in [1.29, 1.82) is 0 Å². The van der Waals surface area contributed by atoms with Crippen LogP contribution in [0, 0.1) is 0 Å². The summed E-state index contributed by atoms with van der Waals surface area (Å²) in [6.45, 7) is 4.32. The molecule has 1 aromatic rings. The fourth-order valence-corrected chi connectivity index (χ4v) is 2.20. The fraction of sp³-hybridized carbons (Fsp3) is 0.500. The normalized spacial score (nSPS) is 11.5. The van der Waals surface area contributed by atoms with E-state index in [9.17, 15) is 0 Å². The molecule has 1 aromatic carbocycles. The van der Waals surface area contributed by atoms with E-state index in [1.807, 2.05) is 18.2 Å². The van der Waals surface area contributed by atoms with Crippen LogP contribution in [0.2, 0.25) is 5.02 Å². The lowest BCUT2D eigenvalue weighted by atomic mass is 9.82. The van der Waals surface area contributed by atoms with Gasteiger partial charge in [-0.15, -0.1) is 11.6 Å². The second-order valence-corrected chi connectivity index (χ2v) is 4.96. The zero-order chi connectivity index (χ0) is 11.5. The molecule has 1 rings (SSSR count). The van der Waals surface area contributed by atoms with Gasteiger partial charge in [0.2, 0.25) is 0 Å². The van der Waals surface area contributed by atoms with Crippen LogP contribution in [0.4, 0.5) is 0 Å². The minimum absolute atomic E-state index is 0.0532. The molecule has 0 amide bonds. The summed E-state index contributed by atoms with van der Waals surface area (Å²) in [6, 6.07) is 5.89. The van der Waals surface area contributed by atoms with Crippen molar-refractivity contribution in [2.24, 2.45) is 0 Å². The highest BCUT2D eigenvalue weighted by Crippen LogP contribution is 2.33. The maximum Gasteiger partial charge on any atom is 0.137 e. The van der Waals surface area contributed by atoms with Crippen LogP contribution in [0.5, 0.6) is 5.75 Å². The van der Waals surface area contributed by atoms with Crippen molar-refractivity contribution in [3.63, 3.8) is 0 Å². The standard InChI is InChI=1S/C12H16Cl2O/c1-12(2,6-7-13)9-4-5-11(15-3)10(14)8-9/h4-5,8H,6-7H2,1-3H3. The lowest BCUT2D eigenvalue weighted by Gasteiger charge is -2.24. The maximum absolute atomic E-state index is 6.08. The van der Waals surface area contributed by atoms with Gasteiger partial charge in [-0.3, -0.25) is 0 Å². The minimum Gasteiger partial charge on any atom is -0.495 e. The van der Waals surface area contributed by atoms with Crippen LogP contribution in [-0.4, -0.2) is 13.0 Å². The van der Waals surface area contributed by atoms with Crippen molar-refractivity contribution in [3.8, 4) is 5.75 Å². The Hall–Kier alpha value is -0.400. The Kier molecular flexibility index (Phi) is 4.30. The molecule has 0 bridgehead atoms. The van der Waals surface area contributed by atoms with Gasteiger partial charge in [0.05, 0.1) is 12.1 Å². The zero-order valence-electron chi connectivity index (χ0n) is 9.31. The van der Waals surface area contributed by atoms with E-state index >= 15 is 0 Å². The number of hydrogen-bond donors (Lipinski definition) is 0. The first kappa shape index (κ1) is 12.7. The summed E-state index contributed by atoms with van der Waals surface area (Å²) < 4.78 is 5.11. The molecule has 3 heteroatoms. The van der Waals surface area contributed by atoms with Gasteiger partial charge in [-0.2, -0.15) is 0 Å². The summed E-state index contributed by atoms with van der Waals surface area (Å²) in [7, 11) is 1.62. The molecule has 0 saturated heterocycles. The van der Waals surface area contributed by atoms with Gasteiger partial charge in [0.25, 0.3) is 0 Å². The van der Waals surface area contributed by atoms with Gasteiger partial charge in [-0.1, -0.05) is 31.5 Å². The van der Waals surface area contributed by atoms with Gasteiger partial charge in [-0.05, 0) is 29.5 Å². The summed E-state index contributed by atoms with van der Waals surface area (Å²) >= 11 is 11.9. The number of halogens is 2. The van der Waals surface area contributed by atoms with Crippen LogP contribution in [0.3, 0.4) is 0 Å². The van der Waals surface area contributed by atoms with E-state index in [2.05, 4.69) is 13.8 Å². The number of methoxy groups -OCH3 is 1. The number of hydrogen-bond acceptors (Lipinski definition) is 1. The third kappa shape index (κ3) is 3.02. The summed E-state index contributed by atoms with van der Waals surface area (Å²) in [5.74, 6) is 1.36. The van der Waals surface area contributed by atoms with Gasteiger partial charge in [-0.25, -0.2) is 0 Å². The SMILES string of the molecule is COc1ccc(C(C)(C)CCCl)cc1Cl. The Morgan fingerprint density at radius 3 is 2.47 bits per heavy atom. The molecule has 0 aliphatic rings. The first-order valence-corrected chi connectivity index (χ1v) is 5.82. The predicted molar refractivity (Wildman–Crippen MR) is 66.4 cm³/mol. The molecule has 0 unspecified atom stereocenters. The molecular formula is C12H16Cl2O. The van der Waals surface area contributed by atoms with Crippen molar-refractivity contribution in [1.82, 2.24) is 0 Å². The molecule has 1 nitrogen and oxygen atoms in total. The van der Waals surface area contributed by atoms with Crippen LogP contribution in [0.15, 0.2) is 18.2 Å². The minimum atomic E-state index is 0.0532. The topological polar surface area (TPSA) is 9.23 Å². The highest BCUT2D eigenvalue weighted by Gasteiger charge is 2.20. The number of ether oxygens (including phenoxy) is 1. The third-order valence-corrected chi connectivity index (χ3v) is 3.14. The van der Waals surface area contributed by atoms with Crippen LogP contribution in [0.25, 0.3) is 0 Å². The lowest BCUT2D eigenvalue weighted by Crippen LogP contribution is -2.17. The Morgan fingerprint density at radius 1 is 1.33 bits per heavy atom. The van der Waals surface area contributed by atoms with Gasteiger partial charge >= 0.3 is 0 Å². The second-order valence-electron chi connectivity index (χ2n) is 4.17. The van der Waals surface area contributed by atoms with E-state index in [0.717, 1.165) is 6.42 Å². The molecule has 0 saturated carbocycles. The van der Waals surface area contributed by atoms with Crippen molar-refractivity contribution < 1.29 is 4.74 Å². The molecule has 0 heterocycles. The Morgan fingerprint density at radius 2 is 2.00 bits per heavy atom. The van der Waals surface area contributed by atoms with Gasteiger partial charge in [0.15, 0.2) is 0 Å². The molecule has 15 heavy (non-hydrogen) atoms. The van der Waals surface area contributed by atoms with Crippen LogP contribution in [0.1, 0.15) is 25.8 Å². The smallest absolute Gasteiger partial charge is 0.137 e. The maximum atomic E-state index is 6.08. The lowest BCUT2D eigenvalue weighted by molar-refractivity contribution is 0.414. The first-order valence-electron chi connectivity index (χ1n) is 4.91. The molecule has 0 spiro atoms. The molecule has 0 radical (unpaired) electrons. The van der Waals surface area contributed by atoms with E-state index in [0.29, 0.717) is 16.7 Å². The fourth-order valence-electron chi connectivity index (χ4n) is 1.47.